The second-order valence-electron chi connectivity index (χ2n) is 6.47. The van der Waals surface area contributed by atoms with E-state index in [1.807, 2.05) is 30.3 Å². The molecule has 5 nitrogen and oxygen atoms in total. The average Bonchev–Trinajstić information content (AvgIpc) is 2.77. The molecule has 30 heavy (non-hydrogen) atoms. The van der Waals surface area contributed by atoms with E-state index in [0.717, 1.165) is 12.8 Å². The zero-order valence-corrected chi connectivity index (χ0v) is 17.0. The molecule has 3 aromatic carbocycles. The van der Waals surface area contributed by atoms with Crippen LogP contribution < -0.4 is 9.47 Å². The van der Waals surface area contributed by atoms with Crippen molar-refractivity contribution in [2.24, 2.45) is 0 Å². The van der Waals surface area contributed by atoms with Gasteiger partial charge in [0.2, 0.25) is 0 Å². The molecule has 0 unspecified atom stereocenters. The molecule has 0 aliphatic carbocycles. The van der Waals surface area contributed by atoms with Crippen molar-refractivity contribution in [3.63, 3.8) is 0 Å². The highest BCUT2D eigenvalue weighted by molar-refractivity contribution is 6.30. The van der Waals surface area contributed by atoms with Crippen LogP contribution in [0.5, 0.6) is 11.5 Å². The van der Waals surface area contributed by atoms with Crippen LogP contribution in [0.4, 0.5) is 0 Å². The predicted molar refractivity (Wildman–Crippen MR) is 114 cm³/mol. The van der Waals surface area contributed by atoms with E-state index in [1.54, 1.807) is 42.5 Å². The first-order valence-corrected chi connectivity index (χ1v) is 9.88. The Kier molecular flexibility index (Phi) is 7.86. The lowest BCUT2D eigenvalue weighted by Crippen LogP contribution is -2.18. The standard InChI is InChI=1S/C24H21ClO5/c25-20-11-13-21(14-12-20)29-17-23(26)30-22-10-4-9-19(16-22)24(27)28-15-5-8-18-6-2-1-3-7-18/h1-4,6-7,9-14,16H,5,8,15,17H2. The van der Waals surface area contributed by atoms with Crippen LogP contribution in [0, 0.1) is 0 Å². The van der Waals surface area contributed by atoms with Crippen LogP contribution in [0.15, 0.2) is 78.9 Å². The minimum absolute atomic E-state index is 0.249. The van der Waals surface area contributed by atoms with E-state index in [4.69, 9.17) is 25.8 Å². The minimum Gasteiger partial charge on any atom is -0.482 e. The van der Waals surface area contributed by atoms with Gasteiger partial charge in [-0.2, -0.15) is 0 Å². The average molecular weight is 425 g/mol. The molecule has 3 rings (SSSR count). The lowest BCUT2D eigenvalue weighted by atomic mass is 10.1. The molecule has 154 valence electrons. The van der Waals surface area contributed by atoms with Gasteiger partial charge >= 0.3 is 11.9 Å². The zero-order valence-electron chi connectivity index (χ0n) is 16.3. The molecule has 0 saturated heterocycles. The Morgan fingerprint density at radius 2 is 1.60 bits per heavy atom. The monoisotopic (exact) mass is 424 g/mol. The third-order valence-electron chi connectivity index (χ3n) is 4.16. The molecular formula is C24H21ClO5. The molecule has 0 bridgehead atoms. The van der Waals surface area contributed by atoms with Crippen molar-refractivity contribution in [1.82, 2.24) is 0 Å². The van der Waals surface area contributed by atoms with Crippen LogP contribution in [-0.4, -0.2) is 25.2 Å². The minimum atomic E-state index is -0.585. The molecule has 0 spiro atoms. The molecule has 0 atom stereocenters. The number of aryl methyl sites for hydroxylation is 1. The van der Waals surface area contributed by atoms with Gasteiger partial charge in [-0.15, -0.1) is 0 Å². The molecule has 0 fully saturated rings. The number of carbonyl (C=O) groups excluding carboxylic acids is 2. The summed E-state index contributed by atoms with van der Waals surface area (Å²) < 4.78 is 15.9. The quantitative estimate of drug-likeness (QED) is 0.271. The maximum Gasteiger partial charge on any atom is 0.349 e. The number of halogens is 1. The van der Waals surface area contributed by atoms with Gasteiger partial charge in [-0.3, -0.25) is 0 Å². The van der Waals surface area contributed by atoms with Crippen molar-refractivity contribution in [1.29, 1.82) is 0 Å². The maximum absolute atomic E-state index is 12.2. The summed E-state index contributed by atoms with van der Waals surface area (Å²) in [7, 11) is 0. The highest BCUT2D eigenvalue weighted by atomic mass is 35.5. The molecule has 0 saturated carbocycles. The van der Waals surface area contributed by atoms with E-state index in [9.17, 15) is 9.59 Å². The fourth-order valence-electron chi connectivity index (χ4n) is 2.69. The van der Waals surface area contributed by atoms with Crippen molar-refractivity contribution in [3.05, 3.63) is 95.0 Å². The van der Waals surface area contributed by atoms with Crippen LogP contribution >= 0.6 is 11.6 Å². The molecule has 0 N–H and O–H groups in total. The van der Waals surface area contributed by atoms with Gasteiger partial charge < -0.3 is 14.2 Å². The van der Waals surface area contributed by atoms with Gasteiger partial charge in [-0.25, -0.2) is 9.59 Å². The fourth-order valence-corrected chi connectivity index (χ4v) is 2.82. The second-order valence-corrected chi connectivity index (χ2v) is 6.91. The number of ether oxygens (including phenoxy) is 3. The number of benzene rings is 3. The first-order valence-electron chi connectivity index (χ1n) is 9.50. The number of carbonyl (C=O) groups is 2. The topological polar surface area (TPSA) is 61.8 Å². The van der Waals surface area contributed by atoms with E-state index < -0.39 is 11.9 Å². The number of hydrogen-bond acceptors (Lipinski definition) is 5. The Hall–Kier alpha value is -3.31. The van der Waals surface area contributed by atoms with Crippen LogP contribution in [-0.2, 0) is 16.0 Å². The number of rotatable bonds is 9. The highest BCUT2D eigenvalue weighted by Gasteiger charge is 2.11. The summed E-state index contributed by atoms with van der Waals surface area (Å²) in [6, 6.07) is 22.9. The van der Waals surface area contributed by atoms with Gasteiger partial charge in [0.05, 0.1) is 12.2 Å². The van der Waals surface area contributed by atoms with Crippen LogP contribution in [0.2, 0.25) is 5.02 Å². The Bertz CT molecular complexity index is 970. The summed E-state index contributed by atoms with van der Waals surface area (Å²) in [5.41, 5.74) is 1.52. The molecule has 0 heterocycles. The van der Waals surface area contributed by atoms with Gasteiger partial charge in [-0.1, -0.05) is 48.0 Å². The van der Waals surface area contributed by atoms with E-state index in [2.05, 4.69) is 0 Å². The number of esters is 2. The fraction of sp³-hybridized carbons (Fsp3) is 0.167. The zero-order chi connectivity index (χ0) is 21.2. The smallest absolute Gasteiger partial charge is 0.349 e. The SMILES string of the molecule is O=C(COc1ccc(Cl)cc1)Oc1cccc(C(=O)OCCCc2ccccc2)c1. The van der Waals surface area contributed by atoms with Gasteiger partial charge in [0, 0.05) is 5.02 Å². The molecule has 0 aliphatic heterocycles. The molecular weight excluding hydrogens is 404 g/mol. The largest absolute Gasteiger partial charge is 0.482 e. The molecule has 3 aromatic rings. The summed E-state index contributed by atoms with van der Waals surface area (Å²) in [4.78, 5) is 24.2. The van der Waals surface area contributed by atoms with Gasteiger partial charge in [0.25, 0.3) is 0 Å². The first kappa shape index (κ1) is 21.4. The van der Waals surface area contributed by atoms with Crippen LogP contribution in [0.1, 0.15) is 22.3 Å². The molecule has 0 aromatic heterocycles. The predicted octanol–water partition coefficient (Wildman–Crippen LogP) is 5.11. The van der Waals surface area contributed by atoms with E-state index in [1.165, 1.54) is 11.6 Å². The molecule has 0 radical (unpaired) electrons. The van der Waals surface area contributed by atoms with Crippen molar-refractivity contribution in [3.8, 4) is 11.5 Å². The van der Waals surface area contributed by atoms with Crippen molar-refractivity contribution < 1.29 is 23.8 Å². The van der Waals surface area contributed by atoms with Crippen molar-refractivity contribution >= 4 is 23.5 Å². The lowest BCUT2D eigenvalue weighted by molar-refractivity contribution is -0.136. The Labute approximate surface area is 180 Å². The normalized spacial score (nSPS) is 10.3. The van der Waals surface area contributed by atoms with E-state index in [0.29, 0.717) is 22.9 Å². The van der Waals surface area contributed by atoms with Crippen molar-refractivity contribution in [2.75, 3.05) is 13.2 Å². The first-order chi connectivity index (χ1) is 14.6. The summed E-state index contributed by atoms with van der Waals surface area (Å²) in [6.07, 6.45) is 1.56. The Morgan fingerprint density at radius 3 is 2.37 bits per heavy atom. The molecule has 0 amide bonds. The third kappa shape index (κ3) is 6.94. The van der Waals surface area contributed by atoms with Crippen LogP contribution in [0.3, 0.4) is 0 Å². The lowest BCUT2D eigenvalue weighted by Gasteiger charge is -2.08. The maximum atomic E-state index is 12.2. The molecule has 6 heteroatoms. The summed E-state index contributed by atoms with van der Waals surface area (Å²) in [5.74, 6) is -0.292. The van der Waals surface area contributed by atoms with Crippen molar-refractivity contribution in [2.45, 2.75) is 12.8 Å². The summed E-state index contributed by atoms with van der Waals surface area (Å²) >= 11 is 5.81. The van der Waals surface area contributed by atoms with Gasteiger partial charge in [0.15, 0.2) is 6.61 Å². The second kappa shape index (κ2) is 11.0. The van der Waals surface area contributed by atoms with Crippen LogP contribution in [0.25, 0.3) is 0 Å². The number of hydrogen-bond donors (Lipinski definition) is 0. The van der Waals surface area contributed by atoms with E-state index in [-0.39, 0.29) is 12.4 Å². The van der Waals surface area contributed by atoms with Gasteiger partial charge in [0.1, 0.15) is 11.5 Å². The summed E-state index contributed by atoms with van der Waals surface area (Å²) in [5, 5.41) is 0.577. The molecule has 0 aliphatic rings. The third-order valence-corrected chi connectivity index (χ3v) is 4.41. The highest BCUT2D eigenvalue weighted by Crippen LogP contribution is 2.17. The van der Waals surface area contributed by atoms with E-state index >= 15 is 0 Å². The summed E-state index contributed by atoms with van der Waals surface area (Å²) in [6.45, 7) is 0.0441. The Morgan fingerprint density at radius 1 is 0.833 bits per heavy atom. The van der Waals surface area contributed by atoms with Gasteiger partial charge in [-0.05, 0) is 60.9 Å². The Balaban J connectivity index is 1.44.